The molecule has 1 heterocycles. The van der Waals surface area contributed by atoms with Crippen LogP contribution < -0.4 is 0 Å². The van der Waals surface area contributed by atoms with Crippen molar-refractivity contribution in [3.8, 4) is 0 Å². The topological polar surface area (TPSA) is 23.6 Å². The molecule has 1 aliphatic heterocycles. The fraction of sp³-hybridized carbons (Fsp3) is 0.950. The van der Waals surface area contributed by atoms with E-state index < -0.39 is 0 Å². The summed E-state index contributed by atoms with van der Waals surface area (Å²) in [6.07, 6.45) is 9.39. The number of nitrogens with zero attached hydrogens (tertiary/aromatic N) is 2. The zero-order valence-electron chi connectivity index (χ0n) is 16.5. The summed E-state index contributed by atoms with van der Waals surface area (Å²) >= 11 is 0. The van der Waals surface area contributed by atoms with Crippen LogP contribution in [0.15, 0.2) is 0 Å². The van der Waals surface area contributed by atoms with Crippen LogP contribution in [0, 0.1) is 16.7 Å². The van der Waals surface area contributed by atoms with Gasteiger partial charge in [0.2, 0.25) is 0 Å². The van der Waals surface area contributed by atoms with E-state index in [0.29, 0.717) is 11.3 Å². The van der Waals surface area contributed by atoms with Crippen molar-refractivity contribution in [1.29, 1.82) is 0 Å². The molecule has 0 aromatic heterocycles. The standard InChI is InChI=1S/C20H38N2O/c1-18(2)13-11-9-8-10-12-16(14-18)20(5)15-21(6)17(23)22(7)19(20,3)4/h16H,8-15H2,1-7H3. The van der Waals surface area contributed by atoms with E-state index in [0.717, 1.165) is 6.54 Å². The van der Waals surface area contributed by atoms with E-state index in [9.17, 15) is 4.79 Å². The number of hydrogen-bond donors (Lipinski definition) is 0. The second-order valence-corrected chi connectivity index (χ2v) is 9.69. The van der Waals surface area contributed by atoms with Crippen LogP contribution in [0.1, 0.15) is 79.6 Å². The smallest absolute Gasteiger partial charge is 0.319 e. The van der Waals surface area contributed by atoms with Crippen LogP contribution in [0.4, 0.5) is 4.79 Å². The third-order valence-electron chi connectivity index (χ3n) is 7.27. The van der Waals surface area contributed by atoms with Crippen molar-refractivity contribution in [2.45, 2.75) is 85.1 Å². The van der Waals surface area contributed by atoms with E-state index in [1.165, 1.54) is 44.9 Å². The van der Waals surface area contributed by atoms with Gasteiger partial charge in [-0.3, -0.25) is 0 Å². The summed E-state index contributed by atoms with van der Waals surface area (Å²) in [5, 5.41) is 0. The molecule has 134 valence electrons. The van der Waals surface area contributed by atoms with Gasteiger partial charge in [-0.25, -0.2) is 4.79 Å². The summed E-state index contributed by atoms with van der Waals surface area (Å²) in [4.78, 5) is 16.4. The maximum atomic E-state index is 12.5. The molecule has 0 radical (unpaired) electrons. The van der Waals surface area contributed by atoms with E-state index in [1.807, 2.05) is 23.9 Å². The minimum absolute atomic E-state index is 0.106. The lowest BCUT2D eigenvalue weighted by molar-refractivity contribution is -0.0707. The third-order valence-corrected chi connectivity index (χ3v) is 7.27. The first-order chi connectivity index (χ1) is 10.5. The normalized spacial score (nSPS) is 35.4. The van der Waals surface area contributed by atoms with E-state index in [4.69, 9.17) is 0 Å². The molecule has 3 nitrogen and oxygen atoms in total. The van der Waals surface area contributed by atoms with Gasteiger partial charge in [0.15, 0.2) is 0 Å². The maximum Gasteiger partial charge on any atom is 0.319 e. The molecule has 23 heavy (non-hydrogen) atoms. The van der Waals surface area contributed by atoms with Crippen LogP contribution in [0.2, 0.25) is 0 Å². The van der Waals surface area contributed by atoms with Gasteiger partial charge in [0.25, 0.3) is 0 Å². The summed E-state index contributed by atoms with van der Waals surface area (Å²) in [5.41, 5.74) is 0.435. The van der Waals surface area contributed by atoms with E-state index in [-0.39, 0.29) is 17.0 Å². The first-order valence-electron chi connectivity index (χ1n) is 9.50. The Bertz CT molecular complexity index is 443. The Morgan fingerprint density at radius 1 is 0.957 bits per heavy atom. The summed E-state index contributed by atoms with van der Waals surface area (Å²) in [6, 6.07) is 0.162. The van der Waals surface area contributed by atoms with Gasteiger partial charge in [0.05, 0.1) is 0 Å². The highest BCUT2D eigenvalue weighted by Gasteiger charge is 2.55. The molecule has 0 aromatic carbocycles. The Balaban J connectivity index is 2.35. The molecule has 0 N–H and O–H groups in total. The van der Waals surface area contributed by atoms with Crippen LogP contribution in [-0.4, -0.2) is 42.0 Å². The van der Waals surface area contributed by atoms with Crippen LogP contribution in [0.25, 0.3) is 0 Å². The summed E-state index contributed by atoms with van der Waals surface area (Å²) < 4.78 is 0. The van der Waals surface area contributed by atoms with E-state index in [1.54, 1.807) is 0 Å². The monoisotopic (exact) mass is 322 g/mol. The largest absolute Gasteiger partial charge is 0.327 e. The molecule has 1 saturated carbocycles. The Labute approximate surface area is 143 Å². The minimum atomic E-state index is -0.106. The zero-order chi connectivity index (χ0) is 17.5. The number of amides is 2. The van der Waals surface area contributed by atoms with Gasteiger partial charge in [0, 0.05) is 31.6 Å². The van der Waals surface area contributed by atoms with Gasteiger partial charge in [-0.2, -0.15) is 0 Å². The highest BCUT2D eigenvalue weighted by Crippen LogP contribution is 2.51. The molecule has 3 heteroatoms. The number of urea groups is 1. The maximum absolute atomic E-state index is 12.5. The van der Waals surface area contributed by atoms with Gasteiger partial charge in [-0.15, -0.1) is 0 Å². The summed E-state index contributed by atoms with van der Waals surface area (Å²) in [6.45, 7) is 12.8. The van der Waals surface area contributed by atoms with Gasteiger partial charge >= 0.3 is 6.03 Å². The Morgan fingerprint density at radius 3 is 2.22 bits per heavy atom. The average Bonchev–Trinajstić information content (AvgIpc) is 2.53. The van der Waals surface area contributed by atoms with Gasteiger partial charge < -0.3 is 9.80 Å². The molecule has 0 spiro atoms. The Morgan fingerprint density at radius 2 is 1.57 bits per heavy atom. The third kappa shape index (κ3) is 3.39. The van der Waals surface area contributed by atoms with Crippen molar-refractivity contribution in [2.75, 3.05) is 20.6 Å². The van der Waals surface area contributed by atoms with Crippen molar-refractivity contribution in [2.24, 2.45) is 16.7 Å². The predicted octanol–water partition coefficient (Wildman–Crippen LogP) is 5.16. The van der Waals surface area contributed by atoms with Crippen molar-refractivity contribution < 1.29 is 4.79 Å². The molecule has 2 amide bonds. The lowest BCUT2D eigenvalue weighted by Gasteiger charge is -2.59. The molecule has 2 aliphatic rings. The molecule has 0 bridgehead atoms. The van der Waals surface area contributed by atoms with Gasteiger partial charge in [-0.1, -0.05) is 46.5 Å². The second-order valence-electron chi connectivity index (χ2n) is 9.69. The lowest BCUT2D eigenvalue weighted by atomic mass is 9.58. The Hall–Kier alpha value is -0.730. The highest BCUT2D eigenvalue weighted by molar-refractivity contribution is 5.76. The highest BCUT2D eigenvalue weighted by atomic mass is 16.2. The molecule has 2 fully saturated rings. The van der Waals surface area contributed by atoms with Crippen molar-refractivity contribution in [3.05, 3.63) is 0 Å². The van der Waals surface area contributed by atoms with Crippen molar-refractivity contribution >= 4 is 6.03 Å². The minimum Gasteiger partial charge on any atom is -0.327 e. The number of carbonyl (C=O) groups excluding carboxylic acids is 1. The number of hydrogen-bond acceptors (Lipinski definition) is 1. The van der Waals surface area contributed by atoms with E-state index >= 15 is 0 Å². The average molecular weight is 323 g/mol. The molecule has 1 aliphatic carbocycles. The van der Waals surface area contributed by atoms with Crippen LogP contribution in [-0.2, 0) is 0 Å². The SMILES string of the molecule is CN1CC(C)(C2CCCCCCC(C)(C)C2)C(C)(C)N(C)C1=O. The van der Waals surface area contributed by atoms with Crippen molar-refractivity contribution in [1.82, 2.24) is 9.80 Å². The van der Waals surface area contributed by atoms with E-state index in [2.05, 4.69) is 34.6 Å². The summed E-state index contributed by atoms with van der Waals surface area (Å²) in [5.74, 6) is 0.670. The number of rotatable bonds is 1. The molecule has 2 rings (SSSR count). The molecule has 1 saturated heterocycles. The van der Waals surface area contributed by atoms with Crippen LogP contribution in [0.5, 0.6) is 0 Å². The zero-order valence-corrected chi connectivity index (χ0v) is 16.5. The van der Waals surface area contributed by atoms with Crippen LogP contribution in [0.3, 0.4) is 0 Å². The van der Waals surface area contributed by atoms with Gasteiger partial charge in [0.1, 0.15) is 0 Å². The first-order valence-corrected chi connectivity index (χ1v) is 9.50. The molecule has 0 aromatic rings. The molecular formula is C20H38N2O. The second kappa shape index (κ2) is 6.29. The fourth-order valence-corrected chi connectivity index (χ4v) is 5.02. The quantitative estimate of drug-likeness (QED) is 0.654. The summed E-state index contributed by atoms with van der Waals surface area (Å²) in [7, 11) is 3.95. The van der Waals surface area contributed by atoms with Gasteiger partial charge in [-0.05, 0) is 44.4 Å². The molecular weight excluding hydrogens is 284 g/mol. The molecule has 2 unspecified atom stereocenters. The lowest BCUT2D eigenvalue weighted by Crippen LogP contribution is -2.68. The molecule has 2 atom stereocenters. The first kappa shape index (κ1) is 18.6. The predicted molar refractivity (Wildman–Crippen MR) is 97.6 cm³/mol. The van der Waals surface area contributed by atoms with Crippen molar-refractivity contribution in [3.63, 3.8) is 0 Å². The fourth-order valence-electron chi connectivity index (χ4n) is 5.02. The number of carbonyl (C=O) groups is 1. The van der Waals surface area contributed by atoms with Crippen LogP contribution >= 0.6 is 0 Å². The Kier molecular flexibility index (Phi) is 5.09.